The van der Waals surface area contributed by atoms with E-state index in [1.807, 2.05) is 7.05 Å². The Morgan fingerprint density at radius 2 is 1.84 bits per heavy atom. The molecular weight excluding hydrogens is 236 g/mol. The van der Waals surface area contributed by atoms with Crippen molar-refractivity contribution in [1.82, 2.24) is 10.2 Å². The van der Waals surface area contributed by atoms with Gasteiger partial charge in [-0.3, -0.25) is 4.90 Å². The first-order valence-electron chi connectivity index (χ1n) is 7.10. The summed E-state index contributed by atoms with van der Waals surface area (Å²) in [5, 5.41) is 3.42. The lowest BCUT2D eigenvalue weighted by Crippen LogP contribution is -2.38. The maximum atomic E-state index is 5.21. The molecular formula is C16H28N2O. The van der Waals surface area contributed by atoms with Gasteiger partial charge in [0.2, 0.25) is 0 Å². The molecule has 0 bridgehead atoms. The average Bonchev–Trinajstić information content (AvgIpc) is 2.42. The third-order valence-electron chi connectivity index (χ3n) is 3.23. The average molecular weight is 264 g/mol. The number of nitrogens with zero attached hydrogens (tertiary/aromatic N) is 1. The van der Waals surface area contributed by atoms with Gasteiger partial charge in [-0.2, -0.15) is 0 Å². The van der Waals surface area contributed by atoms with Crippen LogP contribution in [-0.2, 0) is 4.74 Å². The Morgan fingerprint density at radius 3 is 2.37 bits per heavy atom. The van der Waals surface area contributed by atoms with Gasteiger partial charge in [0, 0.05) is 32.8 Å². The van der Waals surface area contributed by atoms with Gasteiger partial charge < -0.3 is 10.1 Å². The van der Waals surface area contributed by atoms with Crippen molar-refractivity contribution in [2.75, 3.05) is 40.4 Å². The summed E-state index contributed by atoms with van der Waals surface area (Å²) in [4.78, 5) is 2.47. The topological polar surface area (TPSA) is 24.5 Å². The Labute approximate surface area is 118 Å². The lowest BCUT2D eigenvalue weighted by Gasteiger charge is -2.28. The van der Waals surface area contributed by atoms with E-state index in [4.69, 9.17) is 4.74 Å². The minimum absolute atomic E-state index is 0.372. The van der Waals surface area contributed by atoms with Crippen LogP contribution in [0.15, 0.2) is 30.3 Å². The molecule has 0 spiro atoms. The van der Waals surface area contributed by atoms with Crippen molar-refractivity contribution in [3.05, 3.63) is 35.9 Å². The Balaban J connectivity index is 2.63. The number of rotatable bonds is 9. The van der Waals surface area contributed by atoms with Crippen LogP contribution in [0.5, 0.6) is 0 Å². The molecule has 0 aliphatic rings. The van der Waals surface area contributed by atoms with Gasteiger partial charge in [-0.25, -0.2) is 0 Å². The van der Waals surface area contributed by atoms with Crippen LogP contribution in [0.2, 0.25) is 0 Å². The van der Waals surface area contributed by atoms with Crippen molar-refractivity contribution in [1.29, 1.82) is 0 Å². The number of hydrogen-bond donors (Lipinski definition) is 1. The fourth-order valence-electron chi connectivity index (χ4n) is 2.30. The molecule has 3 heteroatoms. The summed E-state index contributed by atoms with van der Waals surface area (Å²) in [5.74, 6) is 0.671. The maximum Gasteiger partial charge on any atom is 0.0589 e. The third kappa shape index (κ3) is 6.19. The quantitative estimate of drug-likeness (QED) is 0.742. The predicted octanol–water partition coefficient (Wildman–Crippen LogP) is 2.55. The molecule has 0 aliphatic carbocycles. The monoisotopic (exact) mass is 264 g/mol. The van der Waals surface area contributed by atoms with Crippen molar-refractivity contribution in [2.45, 2.75) is 19.9 Å². The molecule has 1 N–H and O–H groups in total. The minimum Gasteiger partial charge on any atom is -0.383 e. The Kier molecular flexibility index (Phi) is 7.72. The van der Waals surface area contributed by atoms with E-state index in [-0.39, 0.29) is 0 Å². The van der Waals surface area contributed by atoms with Crippen LogP contribution in [0.4, 0.5) is 0 Å². The number of hydrogen-bond acceptors (Lipinski definition) is 3. The van der Waals surface area contributed by atoms with Gasteiger partial charge in [0.05, 0.1) is 6.61 Å². The van der Waals surface area contributed by atoms with Crippen LogP contribution in [0, 0.1) is 5.92 Å². The minimum atomic E-state index is 0.372. The largest absolute Gasteiger partial charge is 0.383 e. The van der Waals surface area contributed by atoms with Crippen molar-refractivity contribution in [3.63, 3.8) is 0 Å². The van der Waals surface area contributed by atoms with Crippen molar-refractivity contribution in [2.24, 2.45) is 5.92 Å². The van der Waals surface area contributed by atoms with Crippen LogP contribution in [0.25, 0.3) is 0 Å². The van der Waals surface area contributed by atoms with Crippen LogP contribution in [0.3, 0.4) is 0 Å². The standard InChI is InChI=1S/C16H28N2O/c1-14(2)12-18(10-11-19-4)13-16(17-3)15-8-6-5-7-9-15/h5-9,14,16-17H,10-13H2,1-4H3. The molecule has 0 heterocycles. The molecule has 19 heavy (non-hydrogen) atoms. The zero-order valence-electron chi connectivity index (χ0n) is 12.7. The molecule has 0 aromatic heterocycles. The van der Waals surface area contributed by atoms with E-state index in [0.29, 0.717) is 12.0 Å². The van der Waals surface area contributed by atoms with E-state index in [1.54, 1.807) is 7.11 Å². The fourth-order valence-corrected chi connectivity index (χ4v) is 2.30. The highest BCUT2D eigenvalue weighted by Gasteiger charge is 2.15. The number of methoxy groups -OCH3 is 1. The van der Waals surface area contributed by atoms with E-state index in [2.05, 4.69) is 54.4 Å². The van der Waals surface area contributed by atoms with Gasteiger partial charge >= 0.3 is 0 Å². The summed E-state index contributed by atoms with van der Waals surface area (Å²) in [6.45, 7) is 8.42. The van der Waals surface area contributed by atoms with Crippen LogP contribution in [-0.4, -0.2) is 45.3 Å². The highest BCUT2D eigenvalue weighted by Crippen LogP contribution is 2.14. The maximum absolute atomic E-state index is 5.21. The molecule has 108 valence electrons. The van der Waals surface area contributed by atoms with Gasteiger partial charge in [0.15, 0.2) is 0 Å². The Bertz CT molecular complexity index is 327. The zero-order chi connectivity index (χ0) is 14.1. The van der Waals surface area contributed by atoms with Crippen LogP contribution in [0.1, 0.15) is 25.5 Å². The van der Waals surface area contributed by atoms with E-state index < -0.39 is 0 Å². The molecule has 1 rings (SSSR count). The van der Waals surface area contributed by atoms with E-state index in [1.165, 1.54) is 5.56 Å². The molecule has 1 aromatic rings. The summed E-state index contributed by atoms with van der Waals surface area (Å²) >= 11 is 0. The summed E-state index contributed by atoms with van der Waals surface area (Å²) in [6, 6.07) is 11.0. The van der Waals surface area contributed by atoms with Gasteiger partial charge in [-0.1, -0.05) is 44.2 Å². The lowest BCUT2D eigenvalue weighted by atomic mass is 10.1. The highest BCUT2D eigenvalue weighted by molar-refractivity contribution is 5.19. The van der Waals surface area contributed by atoms with Crippen molar-refractivity contribution >= 4 is 0 Å². The van der Waals surface area contributed by atoms with Gasteiger partial charge in [0.25, 0.3) is 0 Å². The van der Waals surface area contributed by atoms with E-state index >= 15 is 0 Å². The van der Waals surface area contributed by atoms with Gasteiger partial charge in [0.1, 0.15) is 0 Å². The summed E-state index contributed by atoms with van der Waals surface area (Å²) in [7, 11) is 3.79. The molecule has 1 atom stereocenters. The molecule has 1 aromatic carbocycles. The van der Waals surface area contributed by atoms with Gasteiger partial charge in [-0.15, -0.1) is 0 Å². The first-order chi connectivity index (χ1) is 9.17. The van der Waals surface area contributed by atoms with Gasteiger partial charge in [-0.05, 0) is 18.5 Å². The molecule has 1 unspecified atom stereocenters. The molecule has 0 radical (unpaired) electrons. The van der Waals surface area contributed by atoms with Crippen molar-refractivity contribution in [3.8, 4) is 0 Å². The molecule has 0 saturated heterocycles. The predicted molar refractivity (Wildman–Crippen MR) is 81.4 cm³/mol. The second-order valence-corrected chi connectivity index (χ2v) is 5.40. The Hall–Kier alpha value is -0.900. The SMILES string of the molecule is CNC(CN(CCOC)CC(C)C)c1ccccc1. The Morgan fingerprint density at radius 1 is 1.16 bits per heavy atom. The van der Waals surface area contributed by atoms with E-state index in [0.717, 1.165) is 26.2 Å². The highest BCUT2D eigenvalue weighted by atomic mass is 16.5. The molecule has 0 amide bonds. The van der Waals surface area contributed by atoms with Crippen LogP contribution >= 0.6 is 0 Å². The number of nitrogens with one attached hydrogen (secondary N) is 1. The molecule has 3 nitrogen and oxygen atoms in total. The third-order valence-corrected chi connectivity index (χ3v) is 3.23. The number of ether oxygens (including phenoxy) is 1. The summed E-state index contributed by atoms with van der Waals surface area (Å²) in [5.41, 5.74) is 1.34. The summed E-state index contributed by atoms with van der Waals surface area (Å²) in [6.07, 6.45) is 0. The second kappa shape index (κ2) is 9.08. The number of likely N-dealkylation sites (N-methyl/N-ethyl adjacent to an activating group) is 1. The normalized spacial score (nSPS) is 13.2. The second-order valence-electron chi connectivity index (χ2n) is 5.40. The first kappa shape index (κ1) is 16.2. The van der Waals surface area contributed by atoms with Crippen molar-refractivity contribution < 1.29 is 4.74 Å². The molecule has 0 aliphatic heterocycles. The smallest absolute Gasteiger partial charge is 0.0589 e. The fraction of sp³-hybridized carbons (Fsp3) is 0.625. The lowest BCUT2D eigenvalue weighted by molar-refractivity contribution is 0.133. The van der Waals surface area contributed by atoms with E-state index in [9.17, 15) is 0 Å². The summed E-state index contributed by atoms with van der Waals surface area (Å²) < 4.78 is 5.21. The molecule has 0 fully saturated rings. The number of benzene rings is 1. The first-order valence-corrected chi connectivity index (χ1v) is 7.10. The zero-order valence-corrected chi connectivity index (χ0v) is 12.7. The molecule has 0 saturated carbocycles. The van der Waals surface area contributed by atoms with Crippen LogP contribution < -0.4 is 5.32 Å².